The van der Waals surface area contributed by atoms with E-state index in [-0.39, 0.29) is 5.90 Å². The monoisotopic (exact) mass is 523 g/mol. The standard InChI is InChI=1S/C23H18IN5O2/c24-17-12-6-4-10-15(17)20(25)31-23(26)29-21-22(30)27-18-13-7-5-11-16(18)19(28-21)14-8-2-1-3-9-14/h1-13,21,25H,(H2,26,29)(H,27,30). The molecule has 0 fully saturated rings. The molecule has 4 rings (SSSR count). The van der Waals surface area contributed by atoms with Gasteiger partial charge in [0.15, 0.2) is 0 Å². The highest BCUT2D eigenvalue weighted by molar-refractivity contribution is 14.1. The first-order valence-electron chi connectivity index (χ1n) is 9.43. The average Bonchev–Trinajstić information content (AvgIpc) is 2.91. The second kappa shape index (κ2) is 9.09. The highest BCUT2D eigenvalue weighted by Gasteiger charge is 2.27. The minimum Gasteiger partial charge on any atom is -0.407 e. The van der Waals surface area contributed by atoms with E-state index >= 15 is 0 Å². The van der Waals surface area contributed by atoms with Gasteiger partial charge in [-0.15, -0.1) is 0 Å². The molecule has 154 valence electrons. The third kappa shape index (κ3) is 4.64. The number of hydrogen-bond acceptors (Lipinski definition) is 5. The maximum absolute atomic E-state index is 12.8. The van der Waals surface area contributed by atoms with Gasteiger partial charge in [0.2, 0.25) is 12.1 Å². The molecule has 0 bridgehead atoms. The van der Waals surface area contributed by atoms with Crippen molar-refractivity contribution in [2.24, 2.45) is 4.99 Å². The smallest absolute Gasteiger partial charge is 0.290 e. The van der Waals surface area contributed by atoms with Gasteiger partial charge in [-0.25, -0.2) is 4.99 Å². The van der Waals surface area contributed by atoms with E-state index in [9.17, 15) is 4.79 Å². The summed E-state index contributed by atoms with van der Waals surface area (Å²) in [4.78, 5) is 17.4. The van der Waals surface area contributed by atoms with Crippen LogP contribution >= 0.6 is 22.6 Å². The number of nitrogens with zero attached hydrogens (tertiary/aromatic N) is 1. The lowest BCUT2D eigenvalue weighted by Gasteiger charge is -2.16. The van der Waals surface area contributed by atoms with E-state index in [2.05, 4.69) is 38.2 Å². The molecule has 1 heterocycles. The third-order valence-corrected chi connectivity index (χ3v) is 5.52. The van der Waals surface area contributed by atoms with Gasteiger partial charge in [-0.3, -0.25) is 15.6 Å². The molecule has 0 radical (unpaired) electrons. The molecule has 1 aliphatic rings. The van der Waals surface area contributed by atoms with Crippen LogP contribution in [0.3, 0.4) is 0 Å². The predicted molar refractivity (Wildman–Crippen MR) is 129 cm³/mol. The number of carbonyl (C=O) groups is 1. The van der Waals surface area contributed by atoms with Crippen molar-refractivity contribution in [1.29, 1.82) is 10.8 Å². The number of benzodiazepines with no additional fused rings is 1. The fraction of sp³-hybridized carbons (Fsp3) is 0.0435. The van der Waals surface area contributed by atoms with Crippen molar-refractivity contribution >= 4 is 51.8 Å². The lowest BCUT2D eigenvalue weighted by Crippen LogP contribution is -2.43. The van der Waals surface area contributed by atoms with Gasteiger partial charge < -0.3 is 15.4 Å². The van der Waals surface area contributed by atoms with Crippen LogP contribution in [-0.4, -0.2) is 29.7 Å². The first-order valence-corrected chi connectivity index (χ1v) is 10.5. The maximum atomic E-state index is 12.8. The topological polar surface area (TPSA) is 110 Å². The van der Waals surface area contributed by atoms with E-state index in [0.717, 1.165) is 14.7 Å². The largest absolute Gasteiger partial charge is 0.407 e. The highest BCUT2D eigenvalue weighted by atomic mass is 127. The lowest BCUT2D eigenvalue weighted by atomic mass is 10.0. The molecule has 1 unspecified atom stereocenters. The van der Waals surface area contributed by atoms with E-state index in [1.54, 1.807) is 12.1 Å². The predicted octanol–water partition coefficient (Wildman–Crippen LogP) is 3.97. The van der Waals surface area contributed by atoms with E-state index in [4.69, 9.17) is 15.6 Å². The van der Waals surface area contributed by atoms with E-state index in [0.29, 0.717) is 17.0 Å². The molecule has 8 heteroatoms. The second-order valence-electron chi connectivity index (χ2n) is 6.67. The Bertz CT molecular complexity index is 1190. The number of nitrogens with one attached hydrogen (secondary N) is 4. The van der Waals surface area contributed by atoms with Crippen LogP contribution in [0.15, 0.2) is 83.9 Å². The summed E-state index contributed by atoms with van der Waals surface area (Å²) in [5.74, 6) is -0.611. The number of carbonyl (C=O) groups excluding carboxylic acids is 1. The number of anilines is 1. The number of halogens is 1. The SMILES string of the molecule is N=C(NC1N=C(c2ccccc2)c2ccccc2NC1=O)OC(=N)c1ccccc1I. The number of hydrogen-bond donors (Lipinski definition) is 4. The fourth-order valence-corrected chi connectivity index (χ4v) is 3.77. The molecule has 3 aromatic carbocycles. The molecule has 4 N–H and O–H groups in total. The molecule has 0 saturated heterocycles. The molecule has 1 amide bonds. The molecule has 0 saturated carbocycles. The summed E-state index contributed by atoms with van der Waals surface area (Å²) in [6.45, 7) is 0. The number of amides is 1. The minimum atomic E-state index is -1.10. The zero-order valence-corrected chi connectivity index (χ0v) is 18.4. The van der Waals surface area contributed by atoms with E-state index in [1.807, 2.05) is 66.7 Å². The maximum Gasteiger partial charge on any atom is 0.290 e. The first kappa shape index (κ1) is 20.7. The van der Waals surface area contributed by atoms with Gasteiger partial charge in [0, 0.05) is 20.3 Å². The Morgan fingerprint density at radius 1 is 0.968 bits per heavy atom. The molecule has 7 nitrogen and oxygen atoms in total. The van der Waals surface area contributed by atoms with E-state index in [1.165, 1.54) is 0 Å². The average molecular weight is 523 g/mol. The van der Waals surface area contributed by atoms with Crippen molar-refractivity contribution in [3.05, 3.63) is 99.1 Å². The first-order chi connectivity index (χ1) is 15.0. The minimum absolute atomic E-state index is 0.188. The Labute approximate surface area is 192 Å². The molecular formula is C23H18IN5O2. The molecule has 0 aromatic heterocycles. The number of benzene rings is 3. The van der Waals surface area contributed by atoms with Crippen molar-refractivity contribution in [2.45, 2.75) is 6.17 Å². The normalized spacial score (nSPS) is 15.1. The number of aliphatic imine (C=N–C) groups is 1. The Balaban J connectivity index is 1.60. The molecule has 0 spiro atoms. The van der Waals surface area contributed by atoms with Crippen molar-refractivity contribution in [3.8, 4) is 0 Å². The molecular weight excluding hydrogens is 505 g/mol. The Hall–Kier alpha value is -3.53. The molecule has 0 aliphatic carbocycles. The molecule has 1 aliphatic heterocycles. The number of rotatable bonds is 3. The number of fused-ring (bicyclic) bond motifs is 1. The summed E-state index contributed by atoms with van der Waals surface area (Å²) in [5.41, 5.74) is 3.44. The van der Waals surface area contributed by atoms with Crippen molar-refractivity contribution in [1.82, 2.24) is 5.32 Å². The molecule has 31 heavy (non-hydrogen) atoms. The van der Waals surface area contributed by atoms with Crippen LogP contribution in [0.25, 0.3) is 0 Å². The Morgan fingerprint density at radius 2 is 1.65 bits per heavy atom. The Morgan fingerprint density at radius 3 is 2.42 bits per heavy atom. The van der Waals surface area contributed by atoms with Gasteiger partial charge in [0.25, 0.3) is 11.9 Å². The molecule has 3 aromatic rings. The summed E-state index contributed by atoms with van der Waals surface area (Å²) in [6, 6.07) is 23.7. The lowest BCUT2D eigenvalue weighted by molar-refractivity contribution is -0.117. The number of ether oxygens (including phenoxy) is 1. The van der Waals surface area contributed by atoms with Crippen LogP contribution in [0, 0.1) is 14.4 Å². The van der Waals surface area contributed by atoms with Gasteiger partial charge in [-0.1, -0.05) is 60.7 Å². The highest BCUT2D eigenvalue weighted by Crippen LogP contribution is 2.23. The van der Waals surface area contributed by atoms with Crippen molar-refractivity contribution in [3.63, 3.8) is 0 Å². The third-order valence-electron chi connectivity index (χ3n) is 4.58. The summed E-state index contributed by atoms with van der Waals surface area (Å²) < 4.78 is 6.15. The summed E-state index contributed by atoms with van der Waals surface area (Å²) in [7, 11) is 0. The van der Waals surface area contributed by atoms with Crippen LogP contribution in [0.2, 0.25) is 0 Å². The van der Waals surface area contributed by atoms with Crippen LogP contribution < -0.4 is 10.6 Å². The van der Waals surface area contributed by atoms with Crippen LogP contribution in [0.1, 0.15) is 16.7 Å². The van der Waals surface area contributed by atoms with Crippen LogP contribution in [0.5, 0.6) is 0 Å². The zero-order valence-electron chi connectivity index (χ0n) is 16.2. The second-order valence-corrected chi connectivity index (χ2v) is 7.83. The van der Waals surface area contributed by atoms with Gasteiger partial charge in [0.05, 0.1) is 11.4 Å². The van der Waals surface area contributed by atoms with Gasteiger partial charge in [0.1, 0.15) is 0 Å². The van der Waals surface area contributed by atoms with Crippen molar-refractivity contribution in [2.75, 3.05) is 5.32 Å². The number of para-hydroxylation sites is 1. The molecule has 1 atom stereocenters. The quantitative estimate of drug-likeness (QED) is 0.237. The zero-order chi connectivity index (χ0) is 21.8. The van der Waals surface area contributed by atoms with Crippen LogP contribution in [-0.2, 0) is 9.53 Å². The van der Waals surface area contributed by atoms with Crippen LogP contribution in [0.4, 0.5) is 5.69 Å². The van der Waals surface area contributed by atoms with Gasteiger partial charge in [-0.05, 0) is 40.8 Å². The van der Waals surface area contributed by atoms with Crippen molar-refractivity contribution < 1.29 is 9.53 Å². The fourth-order valence-electron chi connectivity index (χ4n) is 3.14. The van der Waals surface area contributed by atoms with E-state index < -0.39 is 18.1 Å². The number of amidine groups is 1. The Kier molecular flexibility index (Phi) is 6.08. The summed E-state index contributed by atoms with van der Waals surface area (Å²) in [6.07, 6.45) is -1.10. The van der Waals surface area contributed by atoms with Gasteiger partial charge in [-0.2, -0.15) is 0 Å². The van der Waals surface area contributed by atoms with Gasteiger partial charge >= 0.3 is 0 Å². The summed E-state index contributed by atoms with van der Waals surface area (Å²) in [5, 5.41) is 21.8. The summed E-state index contributed by atoms with van der Waals surface area (Å²) >= 11 is 2.10.